The van der Waals surface area contributed by atoms with Gasteiger partial charge in [0.2, 0.25) is 5.91 Å². The Hall–Kier alpha value is -2.44. The van der Waals surface area contributed by atoms with Crippen LogP contribution in [0.4, 0.5) is 9.18 Å². The second-order valence-electron chi connectivity index (χ2n) is 7.28. The number of imide groups is 1. The van der Waals surface area contributed by atoms with Gasteiger partial charge in [0, 0.05) is 6.54 Å². The molecule has 140 valence electrons. The van der Waals surface area contributed by atoms with Crippen LogP contribution in [0, 0.1) is 5.82 Å². The Bertz CT molecular complexity index is 734. The van der Waals surface area contributed by atoms with Crippen LogP contribution in [0.5, 0.6) is 0 Å². The number of hydrogen-bond donors (Lipinski definition) is 0. The van der Waals surface area contributed by atoms with Gasteiger partial charge in [-0.2, -0.15) is 0 Å². The Morgan fingerprint density at radius 3 is 2.69 bits per heavy atom. The van der Waals surface area contributed by atoms with E-state index < -0.39 is 17.6 Å². The maximum Gasteiger partial charge on any atom is 0.418 e. The molecule has 2 heterocycles. The van der Waals surface area contributed by atoms with Gasteiger partial charge < -0.3 is 9.64 Å². The summed E-state index contributed by atoms with van der Waals surface area (Å²) in [5.41, 5.74) is -0.520. The van der Waals surface area contributed by atoms with Crippen molar-refractivity contribution in [1.29, 1.82) is 0 Å². The summed E-state index contributed by atoms with van der Waals surface area (Å²) in [6.45, 7) is 3.16. The number of ether oxygens (including phenoxy) is 1. The first-order chi connectivity index (χ1) is 12.3. The fourth-order valence-corrected chi connectivity index (χ4v) is 3.55. The molecule has 1 aromatic rings. The minimum atomic E-state index is -1.25. The SMILES string of the molecule is CC1(C)OC(=O)N(CC(=O)N2CCCCC[C@@H]2c2cccc(F)c2)C1=O. The average Bonchev–Trinajstić information content (AvgIpc) is 2.78. The van der Waals surface area contributed by atoms with Gasteiger partial charge in [-0.25, -0.2) is 14.1 Å². The highest BCUT2D eigenvalue weighted by Crippen LogP contribution is 2.31. The lowest BCUT2D eigenvalue weighted by Crippen LogP contribution is -2.45. The van der Waals surface area contributed by atoms with Gasteiger partial charge in [-0.05, 0) is 44.4 Å². The molecule has 0 bridgehead atoms. The number of amides is 3. The molecular formula is C19H23FN2O4. The molecule has 3 rings (SSSR count). The number of benzene rings is 1. The molecule has 6 nitrogen and oxygen atoms in total. The number of rotatable bonds is 3. The third-order valence-corrected chi connectivity index (χ3v) is 4.92. The first-order valence-corrected chi connectivity index (χ1v) is 8.89. The summed E-state index contributed by atoms with van der Waals surface area (Å²) in [5.74, 6) is -1.20. The van der Waals surface area contributed by atoms with Crippen molar-refractivity contribution < 1.29 is 23.5 Å². The van der Waals surface area contributed by atoms with E-state index in [4.69, 9.17) is 4.74 Å². The molecular weight excluding hydrogens is 339 g/mol. The van der Waals surface area contributed by atoms with Crippen molar-refractivity contribution in [2.24, 2.45) is 0 Å². The molecule has 2 aliphatic heterocycles. The van der Waals surface area contributed by atoms with Crippen LogP contribution in [0.25, 0.3) is 0 Å². The lowest BCUT2D eigenvalue weighted by Gasteiger charge is -2.31. The van der Waals surface area contributed by atoms with Gasteiger partial charge >= 0.3 is 6.09 Å². The van der Waals surface area contributed by atoms with E-state index >= 15 is 0 Å². The van der Waals surface area contributed by atoms with E-state index in [0.717, 1.165) is 36.1 Å². The maximum absolute atomic E-state index is 13.6. The summed E-state index contributed by atoms with van der Waals surface area (Å²) in [6, 6.07) is 5.98. The standard InChI is InChI=1S/C19H23FN2O4/c1-19(2)17(24)22(18(25)26-19)12-16(23)21-10-5-3-4-9-15(21)13-7-6-8-14(20)11-13/h6-8,11,15H,3-5,9-10,12H2,1-2H3/t15-/m1/s1. The molecule has 0 spiro atoms. The molecule has 0 unspecified atom stereocenters. The van der Waals surface area contributed by atoms with Crippen LogP contribution in [0.2, 0.25) is 0 Å². The van der Waals surface area contributed by atoms with Crippen LogP contribution in [0.15, 0.2) is 24.3 Å². The van der Waals surface area contributed by atoms with Crippen molar-refractivity contribution in [3.05, 3.63) is 35.6 Å². The quantitative estimate of drug-likeness (QED) is 0.829. The van der Waals surface area contributed by atoms with Crippen molar-refractivity contribution in [3.8, 4) is 0 Å². The average molecular weight is 362 g/mol. The van der Waals surface area contributed by atoms with Gasteiger partial charge in [0.25, 0.3) is 5.91 Å². The van der Waals surface area contributed by atoms with Crippen LogP contribution in [-0.2, 0) is 14.3 Å². The molecule has 0 aliphatic carbocycles. The first kappa shape index (κ1) is 18.4. The molecule has 0 radical (unpaired) electrons. The Balaban J connectivity index is 1.81. The number of carbonyl (C=O) groups is 3. The fourth-order valence-electron chi connectivity index (χ4n) is 3.55. The molecule has 26 heavy (non-hydrogen) atoms. The molecule has 3 amide bonds. The molecule has 2 aliphatic rings. The number of nitrogens with zero attached hydrogens (tertiary/aromatic N) is 2. The van der Waals surface area contributed by atoms with Crippen LogP contribution in [0.3, 0.4) is 0 Å². The molecule has 0 saturated carbocycles. The van der Waals surface area contributed by atoms with Crippen LogP contribution < -0.4 is 0 Å². The van der Waals surface area contributed by atoms with Crippen molar-refractivity contribution in [3.63, 3.8) is 0 Å². The van der Waals surface area contributed by atoms with E-state index in [-0.39, 0.29) is 24.3 Å². The highest BCUT2D eigenvalue weighted by molar-refractivity contribution is 6.04. The molecule has 2 fully saturated rings. The molecule has 1 aromatic carbocycles. The summed E-state index contributed by atoms with van der Waals surface area (Å²) < 4.78 is 18.7. The minimum absolute atomic E-state index is 0.262. The van der Waals surface area contributed by atoms with Crippen molar-refractivity contribution in [2.75, 3.05) is 13.1 Å². The van der Waals surface area contributed by atoms with E-state index in [0.29, 0.717) is 6.54 Å². The molecule has 0 aromatic heterocycles. The number of halogens is 1. The molecule has 1 atom stereocenters. The van der Waals surface area contributed by atoms with E-state index in [9.17, 15) is 18.8 Å². The van der Waals surface area contributed by atoms with Gasteiger partial charge in [0.15, 0.2) is 5.60 Å². The summed E-state index contributed by atoms with van der Waals surface area (Å²) in [4.78, 5) is 39.7. The Morgan fingerprint density at radius 1 is 1.27 bits per heavy atom. The summed E-state index contributed by atoms with van der Waals surface area (Å²) >= 11 is 0. The fraction of sp³-hybridized carbons (Fsp3) is 0.526. The summed E-state index contributed by atoms with van der Waals surface area (Å²) in [7, 11) is 0. The monoisotopic (exact) mass is 362 g/mol. The predicted molar refractivity (Wildman–Crippen MR) is 91.6 cm³/mol. The normalized spacial score (nSPS) is 23.0. The zero-order valence-corrected chi connectivity index (χ0v) is 15.0. The van der Waals surface area contributed by atoms with Crippen molar-refractivity contribution in [2.45, 2.75) is 51.2 Å². The lowest BCUT2D eigenvalue weighted by molar-refractivity contribution is -0.141. The highest BCUT2D eigenvalue weighted by atomic mass is 19.1. The Morgan fingerprint density at radius 2 is 2.04 bits per heavy atom. The predicted octanol–water partition coefficient (Wildman–Crippen LogP) is 3.03. The van der Waals surface area contributed by atoms with Crippen LogP contribution in [0.1, 0.15) is 51.1 Å². The van der Waals surface area contributed by atoms with Crippen LogP contribution in [-0.4, -0.2) is 46.4 Å². The van der Waals surface area contributed by atoms with Gasteiger partial charge in [-0.1, -0.05) is 25.0 Å². The van der Waals surface area contributed by atoms with Gasteiger partial charge in [-0.15, -0.1) is 0 Å². The molecule has 0 N–H and O–H groups in total. The zero-order valence-electron chi connectivity index (χ0n) is 15.0. The van der Waals surface area contributed by atoms with Gasteiger partial charge in [-0.3, -0.25) is 9.59 Å². The highest BCUT2D eigenvalue weighted by Gasteiger charge is 2.48. The van der Waals surface area contributed by atoms with E-state index in [1.807, 2.05) is 0 Å². The van der Waals surface area contributed by atoms with E-state index in [2.05, 4.69) is 0 Å². The molecule has 7 heteroatoms. The minimum Gasteiger partial charge on any atom is -0.433 e. The third-order valence-electron chi connectivity index (χ3n) is 4.92. The van der Waals surface area contributed by atoms with Crippen molar-refractivity contribution in [1.82, 2.24) is 9.80 Å². The lowest BCUT2D eigenvalue weighted by atomic mass is 10.0. The largest absolute Gasteiger partial charge is 0.433 e. The second-order valence-corrected chi connectivity index (χ2v) is 7.28. The topological polar surface area (TPSA) is 66.9 Å². The number of cyclic esters (lactones) is 1. The van der Waals surface area contributed by atoms with Crippen LogP contribution >= 0.6 is 0 Å². The number of likely N-dealkylation sites (tertiary alicyclic amines) is 1. The number of carbonyl (C=O) groups excluding carboxylic acids is 3. The van der Waals surface area contributed by atoms with Gasteiger partial charge in [0.1, 0.15) is 12.4 Å². The van der Waals surface area contributed by atoms with E-state index in [1.165, 1.54) is 26.0 Å². The van der Waals surface area contributed by atoms with Crippen molar-refractivity contribution >= 4 is 17.9 Å². The zero-order chi connectivity index (χ0) is 18.9. The maximum atomic E-state index is 13.6. The Kier molecular flexibility index (Phi) is 4.98. The second kappa shape index (κ2) is 7.05. The summed E-state index contributed by atoms with van der Waals surface area (Å²) in [5, 5.41) is 0. The smallest absolute Gasteiger partial charge is 0.418 e. The Labute approximate surface area is 151 Å². The summed E-state index contributed by atoms with van der Waals surface area (Å²) in [6.07, 6.45) is 2.67. The van der Waals surface area contributed by atoms with E-state index in [1.54, 1.807) is 17.0 Å². The van der Waals surface area contributed by atoms with Gasteiger partial charge in [0.05, 0.1) is 6.04 Å². The molecule has 2 saturated heterocycles. The number of hydrogen-bond acceptors (Lipinski definition) is 4. The third kappa shape index (κ3) is 3.57. The first-order valence-electron chi connectivity index (χ1n) is 8.89.